The molecule has 0 saturated carbocycles. The molecule has 1 aromatic rings. The fourth-order valence-electron chi connectivity index (χ4n) is 1.15. The number of aliphatic hydroxyl groups excluding tert-OH is 1. The molecule has 0 unspecified atom stereocenters. The largest absolute Gasteiger partial charge is 0.493 e. The molecule has 0 saturated heterocycles. The van der Waals surface area contributed by atoms with Gasteiger partial charge in [-0.3, -0.25) is 10.8 Å². The Kier molecular flexibility index (Phi) is 5.01. The summed E-state index contributed by atoms with van der Waals surface area (Å²) in [5.41, 5.74) is 0.646. The summed E-state index contributed by atoms with van der Waals surface area (Å²) in [6, 6.07) is 7.21. The van der Waals surface area contributed by atoms with Gasteiger partial charge in [-0.15, -0.1) is 0 Å². The van der Waals surface area contributed by atoms with Crippen molar-refractivity contribution in [3.63, 3.8) is 0 Å². The maximum Gasteiger partial charge on any atom is 0.129 e. The van der Waals surface area contributed by atoms with Crippen LogP contribution in [-0.4, -0.2) is 28.4 Å². The number of benzene rings is 1. The number of ether oxygens (including phenoxy) is 1. The van der Waals surface area contributed by atoms with Crippen LogP contribution in [0.4, 0.5) is 0 Å². The van der Waals surface area contributed by atoms with E-state index in [1.807, 2.05) is 19.1 Å². The normalized spacial score (nSPS) is 9.88. The maximum absolute atomic E-state index is 8.73. The summed E-state index contributed by atoms with van der Waals surface area (Å²) in [7, 11) is 0. The van der Waals surface area contributed by atoms with Crippen LogP contribution in [0.2, 0.25) is 0 Å². The van der Waals surface area contributed by atoms with Crippen LogP contribution in [0.1, 0.15) is 12.5 Å². The minimum Gasteiger partial charge on any atom is -0.493 e. The fourth-order valence-corrected chi connectivity index (χ4v) is 1.74. The van der Waals surface area contributed by atoms with Crippen molar-refractivity contribution < 1.29 is 9.84 Å². The van der Waals surface area contributed by atoms with Crippen molar-refractivity contribution in [2.75, 3.05) is 13.2 Å². The monoisotopic (exact) mass is 238 g/mol. The minimum absolute atomic E-state index is 0.0521. The van der Waals surface area contributed by atoms with Crippen molar-refractivity contribution in [2.24, 2.45) is 0 Å². The molecule has 0 aromatic heterocycles. The summed E-state index contributed by atoms with van der Waals surface area (Å²) in [5, 5.41) is 24.1. The molecule has 0 amide bonds. The quantitative estimate of drug-likeness (QED) is 0.555. The topological polar surface area (TPSA) is 77.2 Å². The van der Waals surface area contributed by atoms with E-state index < -0.39 is 0 Å². The van der Waals surface area contributed by atoms with Crippen LogP contribution in [0, 0.1) is 10.8 Å². The first kappa shape index (κ1) is 12.7. The van der Waals surface area contributed by atoms with Gasteiger partial charge >= 0.3 is 0 Å². The number of aliphatic hydroxyl groups is 1. The lowest BCUT2D eigenvalue weighted by Crippen LogP contribution is -2.05. The van der Waals surface area contributed by atoms with E-state index in [1.54, 1.807) is 12.1 Å². The zero-order valence-corrected chi connectivity index (χ0v) is 9.80. The summed E-state index contributed by atoms with van der Waals surface area (Å²) < 4.78 is 5.39. The van der Waals surface area contributed by atoms with E-state index in [4.69, 9.17) is 20.7 Å². The molecule has 0 aliphatic heterocycles. The highest BCUT2D eigenvalue weighted by molar-refractivity contribution is 8.26. The Labute approximate surface area is 98.7 Å². The molecule has 0 atom stereocenters. The second-order valence-corrected chi connectivity index (χ2v) is 4.05. The van der Waals surface area contributed by atoms with E-state index in [2.05, 4.69) is 0 Å². The third kappa shape index (κ3) is 3.36. The summed E-state index contributed by atoms with van der Waals surface area (Å²) in [6.07, 6.45) is 0. The van der Waals surface area contributed by atoms with Gasteiger partial charge in [-0.1, -0.05) is 23.9 Å². The highest BCUT2D eigenvalue weighted by atomic mass is 32.2. The Morgan fingerprint density at radius 1 is 1.38 bits per heavy atom. The van der Waals surface area contributed by atoms with Crippen LogP contribution in [0.5, 0.6) is 5.75 Å². The van der Waals surface area contributed by atoms with E-state index in [1.165, 1.54) is 0 Å². The zero-order valence-electron chi connectivity index (χ0n) is 8.99. The Morgan fingerprint density at radius 2 is 2.06 bits per heavy atom. The van der Waals surface area contributed by atoms with E-state index in [0.717, 1.165) is 11.8 Å². The van der Waals surface area contributed by atoms with Crippen molar-refractivity contribution in [3.8, 4) is 5.75 Å². The van der Waals surface area contributed by atoms with Crippen LogP contribution < -0.4 is 4.74 Å². The number of rotatable bonds is 4. The first-order valence-corrected chi connectivity index (χ1v) is 5.67. The van der Waals surface area contributed by atoms with Gasteiger partial charge in [-0.2, -0.15) is 0 Å². The lowest BCUT2D eigenvalue weighted by molar-refractivity contribution is 0.339. The van der Waals surface area contributed by atoms with E-state index in [0.29, 0.717) is 17.9 Å². The Balaban J connectivity index is 2.85. The zero-order chi connectivity index (χ0) is 12.0. The summed E-state index contributed by atoms with van der Waals surface area (Å²) in [4.78, 5) is 0. The Morgan fingerprint density at radius 3 is 2.69 bits per heavy atom. The minimum atomic E-state index is -0.343. The van der Waals surface area contributed by atoms with Crippen LogP contribution in [0.3, 0.4) is 0 Å². The Bertz CT molecular complexity index is 393. The molecule has 0 aliphatic rings. The van der Waals surface area contributed by atoms with Crippen molar-refractivity contribution in [2.45, 2.75) is 6.92 Å². The lowest BCUT2D eigenvalue weighted by Gasteiger charge is -2.10. The molecule has 86 valence electrons. The molecule has 0 heterocycles. The molecule has 0 fully saturated rings. The van der Waals surface area contributed by atoms with Gasteiger partial charge in [0.2, 0.25) is 0 Å². The molecule has 0 spiro atoms. The lowest BCUT2D eigenvalue weighted by atomic mass is 10.2. The molecular weight excluding hydrogens is 224 g/mol. The van der Waals surface area contributed by atoms with Crippen molar-refractivity contribution in [3.05, 3.63) is 29.8 Å². The van der Waals surface area contributed by atoms with Crippen LogP contribution in [-0.2, 0) is 0 Å². The average molecular weight is 238 g/mol. The smallest absolute Gasteiger partial charge is 0.129 e. The van der Waals surface area contributed by atoms with Gasteiger partial charge in [-0.05, 0) is 19.1 Å². The third-order valence-corrected chi connectivity index (χ3v) is 2.60. The second kappa shape index (κ2) is 6.30. The molecule has 0 radical (unpaired) electrons. The van der Waals surface area contributed by atoms with Crippen molar-refractivity contribution in [1.29, 1.82) is 10.8 Å². The fraction of sp³-hybridized carbons (Fsp3) is 0.273. The van der Waals surface area contributed by atoms with Gasteiger partial charge in [-0.25, -0.2) is 0 Å². The standard InChI is InChI=1S/C11H14N2O2S/c1-2-15-9-6-4-3-5-8(9)11(13)16-10(12)7-14/h3-6,12-14H,2,7H2,1H3. The highest BCUT2D eigenvalue weighted by Crippen LogP contribution is 2.23. The molecule has 1 rings (SSSR count). The van der Waals surface area contributed by atoms with Crippen molar-refractivity contribution >= 4 is 21.8 Å². The van der Waals surface area contributed by atoms with Gasteiger partial charge in [0.25, 0.3) is 0 Å². The SMILES string of the molecule is CCOc1ccccc1C(=N)SC(=N)CO. The maximum atomic E-state index is 8.73. The highest BCUT2D eigenvalue weighted by Gasteiger charge is 2.10. The van der Waals surface area contributed by atoms with Gasteiger partial charge in [0.15, 0.2) is 0 Å². The van der Waals surface area contributed by atoms with E-state index >= 15 is 0 Å². The molecular formula is C11H14N2O2S. The summed E-state index contributed by atoms with van der Waals surface area (Å²) in [6.45, 7) is 2.07. The first-order chi connectivity index (χ1) is 7.69. The Hall–Kier alpha value is -1.33. The van der Waals surface area contributed by atoms with Crippen molar-refractivity contribution in [1.82, 2.24) is 0 Å². The average Bonchev–Trinajstić information content (AvgIpc) is 2.30. The van der Waals surface area contributed by atoms with Gasteiger partial charge in [0.05, 0.1) is 18.3 Å². The van der Waals surface area contributed by atoms with Crippen LogP contribution in [0.15, 0.2) is 24.3 Å². The summed E-state index contributed by atoms with van der Waals surface area (Å²) in [5.74, 6) is 0.633. The van der Waals surface area contributed by atoms with Gasteiger partial charge in [0, 0.05) is 5.56 Å². The number of nitrogens with one attached hydrogen (secondary N) is 2. The van der Waals surface area contributed by atoms with Gasteiger partial charge < -0.3 is 9.84 Å². The third-order valence-electron chi connectivity index (χ3n) is 1.80. The number of para-hydroxylation sites is 1. The van der Waals surface area contributed by atoms with Crippen LogP contribution >= 0.6 is 11.8 Å². The van der Waals surface area contributed by atoms with Crippen LogP contribution in [0.25, 0.3) is 0 Å². The molecule has 0 bridgehead atoms. The molecule has 16 heavy (non-hydrogen) atoms. The summed E-state index contributed by atoms with van der Waals surface area (Å²) >= 11 is 0.929. The number of hydrogen-bond donors (Lipinski definition) is 3. The van der Waals surface area contributed by atoms with Gasteiger partial charge in [0.1, 0.15) is 10.8 Å². The molecule has 0 aliphatic carbocycles. The molecule has 4 nitrogen and oxygen atoms in total. The predicted octanol–water partition coefficient (Wildman–Crippen LogP) is 2.11. The molecule has 3 N–H and O–H groups in total. The van der Waals surface area contributed by atoms with E-state index in [9.17, 15) is 0 Å². The second-order valence-electron chi connectivity index (χ2n) is 2.94. The molecule has 5 heteroatoms. The van der Waals surface area contributed by atoms with E-state index in [-0.39, 0.29) is 16.7 Å². The number of thioether (sulfide) groups is 1. The predicted molar refractivity (Wildman–Crippen MR) is 66.8 cm³/mol. The first-order valence-electron chi connectivity index (χ1n) is 4.86. The number of hydrogen-bond acceptors (Lipinski definition) is 5. The molecule has 1 aromatic carbocycles.